The SMILES string of the molecule is Cc1nc(NC(=O)c2ccc(S(=O)(=O)NC(C)C)cc2)nc(-c2ccccn2)n1.Cc1nc(NC(=O)c2ccc(S(=O)(=O)Nc3ccccc3)cc2)nc(-c2ccccn2)n1.Cc1nc(NC(=O)c2ccc(S(=O)(=O)c3ccc(O)cc3)cc2)nc(-c2ccccn2)n1.Cc1nc(NC(=O)c2ccc(S(C)(=O)=O)c(F)c2)nc(-c2ccccn2)n1. The molecule has 8 heterocycles. The Balaban J connectivity index is 0.000000157. The smallest absolute Gasteiger partial charge is 0.261 e. The fourth-order valence-corrected chi connectivity index (χ4v) is 14.7. The fraction of sp³-hybridized carbons (Fsp3) is 0.100. The van der Waals surface area contributed by atoms with E-state index in [-0.39, 0.29) is 83.2 Å². The summed E-state index contributed by atoms with van der Waals surface area (Å²) < 4.78 is 117. The number of aryl methyl sites for hydroxylation is 4. The van der Waals surface area contributed by atoms with Gasteiger partial charge in [-0.25, -0.2) is 62.7 Å². The predicted octanol–water partition coefficient (Wildman–Crippen LogP) is 10.5. The number of para-hydroxylation sites is 1. The van der Waals surface area contributed by atoms with Crippen LogP contribution in [0.4, 0.5) is 33.9 Å². The highest BCUT2D eigenvalue weighted by Gasteiger charge is 2.24. The number of anilines is 5. The molecule has 0 aliphatic heterocycles. The number of pyridine rings is 4. The van der Waals surface area contributed by atoms with Crippen molar-refractivity contribution >= 4 is 92.8 Å². The number of sulfonamides is 2. The van der Waals surface area contributed by atoms with E-state index in [1.54, 1.807) is 157 Å². The summed E-state index contributed by atoms with van der Waals surface area (Å²) in [6, 6.07) is 54.5. The van der Waals surface area contributed by atoms with Crippen molar-refractivity contribution in [1.82, 2.24) is 84.5 Å². The quantitative estimate of drug-likeness (QED) is 0.0351. The normalized spacial score (nSPS) is 11.2. The van der Waals surface area contributed by atoms with E-state index in [4.69, 9.17) is 0 Å². The molecule has 0 unspecified atom stereocenters. The molecule has 0 saturated carbocycles. The average molecular weight is 1690 g/mol. The van der Waals surface area contributed by atoms with E-state index in [1.165, 1.54) is 103 Å². The molecule has 6 aromatic carbocycles. The summed E-state index contributed by atoms with van der Waals surface area (Å²) in [5.74, 6) is -0.100. The minimum absolute atomic E-state index is 0.0215. The third-order valence-electron chi connectivity index (χ3n) is 15.9. The van der Waals surface area contributed by atoms with Crippen LogP contribution < -0.4 is 30.7 Å². The minimum Gasteiger partial charge on any atom is -0.508 e. The van der Waals surface area contributed by atoms with Crippen LogP contribution in [0.25, 0.3) is 46.1 Å². The summed E-state index contributed by atoms with van der Waals surface area (Å²) in [7, 11) is -14.9. The minimum atomic E-state index is -3.78. The molecule has 0 spiro atoms. The first kappa shape index (κ1) is 86.0. The first-order valence-electron chi connectivity index (χ1n) is 35.5. The Bertz CT molecular complexity index is 6550. The van der Waals surface area contributed by atoms with E-state index in [2.05, 4.69) is 110 Å². The molecule has 4 amide bonds. The van der Waals surface area contributed by atoms with Crippen molar-refractivity contribution in [2.24, 2.45) is 0 Å². The van der Waals surface area contributed by atoms with E-state index in [9.17, 15) is 62.3 Å². The molecular weight excluding hydrogens is 1620 g/mol. The van der Waals surface area contributed by atoms with Gasteiger partial charge in [0.05, 0.1) is 19.6 Å². The predicted molar refractivity (Wildman–Crippen MR) is 438 cm³/mol. The van der Waals surface area contributed by atoms with E-state index < -0.39 is 74.1 Å². The first-order chi connectivity index (χ1) is 57.2. The number of sulfone groups is 2. The van der Waals surface area contributed by atoms with Crippen LogP contribution in [0.15, 0.2) is 268 Å². The molecule has 0 aliphatic rings. The number of carbonyl (C=O) groups is 4. The summed E-state index contributed by atoms with van der Waals surface area (Å²) in [5.41, 5.74) is 3.27. The maximum Gasteiger partial charge on any atom is 0.261 e. The third kappa shape index (κ3) is 23.5. The molecule has 8 aromatic heterocycles. The van der Waals surface area contributed by atoms with Gasteiger partial charge in [-0.2, -0.15) is 39.9 Å². The van der Waals surface area contributed by atoms with Crippen LogP contribution in [0.1, 0.15) is 78.6 Å². The average Bonchev–Trinajstić information content (AvgIpc) is 0.801. The Morgan fingerprint density at radius 3 is 0.958 bits per heavy atom. The molecule has 35 nitrogen and oxygen atoms in total. The number of aromatic nitrogens is 16. The van der Waals surface area contributed by atoms with E-state index >= 15 is 0 Å². The summed E-state index contributed by atoms with van der Waals surface area (Å²) in [6.45, 7) is 10.1. The van der Waals surface area contributed by atoms with Gasteiger partial charge >= 0.3 is 0 Å². The zero-order chi connectivity index (χ0) is 85.9. The monoisotopic (exact) mass is 1690 g/mol. The number of carbonyl (C=O) groups excluding carboxylic acids is 4. The van der Waals surface area contributed by atoms with Crippen LogP contribution in [0.3, 0.4) is 0 Å². The van der Waals surface area contributed by atoms with Crippen molar-refractivity contribution in [2.75, 3.05) is 32.2 Å². The van der Waals surface area contributed by atoms with Gasteiger partial charge in [0.25, 0.3) is 33.7 Å². The van der Waals surface area contributed by atoms with Crippen molar-refractivity contribution in [3.63, 3.8) is 0 Å². The number of nitrogens with one attached hydrogen (secondary N) is 6. The molecule has 0 aliphatic carbocycles. The number of benzene rings is 6. The Morgan fingerprint density at radius 1 is 0.350 bits per heavy atom. The van der Waals surface area contributed by atoms with Gasteiger partial charge in [0, 0.05) is 65.0 Å². The number of nitrogens with zero attached hydrogens (tertiary/aromatic N) is 16. The lowest BCUT2D eigenvalue weighted by Crippen LogP contribution is -2.30. The lowest BCUT2D eigenvalue weighted by atomic mass is 10.2. The number of hydrogen-bond donors (Lipinski definition) is 7. The molecule has 0 fully saturated rings. The van der Waals surface area contributed by atoms with Gasteiger partial charge in [0.2, 0.25) is 43.7 Å². The van der Waals surface area contributed by atoms with E-state index in [1.807, 2.05) is 12.1 Å². The molecule has 14 aromatic rings. The maximum absolute atomic E-state index is 14.0. The van der Waals surface area contributed by atoms with Gasteiger partial charge in [-0.05, 0) is 217 Å². The second-order valence-electron chi connectivity index (χ2n) is 25.5. The van der Waals surface area contributed by atoms with Crippen molar-refractivity contribution in [2.45, 2.75) is 72.1 Å². The van der Waals surface area contributed by atoms with Gasteiger partial charge in [-0.1, -0.05) is 42.5 Å². The highest BCUT2D eigenvalue weighted by molar-refractivity contribution is 7.93. The highest BCUT2D eigenvalue weighted by Crippen LogP contribution is 2.26. The highest BCUT2D eigenvalue weighted by atomic mass is 32.2. The Labute approximate surface area is 686 Å². The second kappa shape index (κ2) is 38.3. The lowest BCUT2D eigenvalue weighted by molar-refractivity contribution is 0.101. The topological polar surface area (TPSA) is 503 Å². The summed E-state index contributed by atoms with van der Waals surface area (Å²) in [5, 5.41) is 19.6. The molecular formula is C80H69FN22O13S4. The summed E-state index contributed by atoms with van der Waals surface area (Å²) >= 11 is 0. The molecule has 7 N–H and O–H groups in total. The Morgan fingerprint density at radius 2 is 0.650 bits per heavy atom. The number of phenols is 1. The van der Waals surface area contributed by atoms with Gasteiger partial charge in [0.1, 0.15) is 62.5 Å². The first-order valence-corrected chi connectivity index (χ1v) is 41.8. The number of halogens is 1. The molecule has 0 atom stereocenters. The molecule has 608 valence electrons. The van der Waals surface area contributed by atoms with Crippen molar-refractivity contribution in [3.05, 3.63) is 295 Å². The molecule has 0 radical (unpaired) electrons. The largest absolute Gasteiger partial charge is 0.508 e. The number of amides is 4. The van der Waals surface area contributed by atoms with Crippen molar-refractivity contribution in [3.8, 4) is 51.8 Å². The fourth-order valence-electron chi connectivity index (χ4n) is 10.4. The molecule has 0 saturated heterocycles. The van der Waals surface area contributed by atoms with Gasteiger partial charge < -0.3 is 5.11 Å². The van der Waals surface area contributed by atoms with Crippen molar-refractivity contribution < 1.29 is 62.3 Å². The Hall–Kier alpha value is -14.9. The van der Waals surface area contributed by atoms with Gasteiger partial charge in [0.15, 0.2) is 33.1 Å². The van der Waals surface area contributed by atoms with Crippen molar-refractivity contribution in [1.29, 1.82) is 0 Å². The van der Waals surface area contributed by atoms with E-state index in [0.29, 0.717) is 69.2 Å². The second-order valence-corrected chi connectivity index (χ2v) is 32.9. The van der Waals surface area contributed by atoms with Gasteiger partial charge in [-0.3, -0.25) is 65.1 Å². The van der Waals surface area contributed by atoms with Crippen LogP contribution in [0.5, 0.6) is 5.75 Å². The van der Waals surface area contributed by atoms with Crippen LogP contribution in [0.2, 0.25) is 0 Å². The van der Waals surface area contributed by atoms with Gasteiger partial charge in [-0.15, -0.1) is 0 Å². The Kier molecular flexibility index (Phi) is 27.4. The van der Waals surface area contributed by atoms with Crippen LogP contribution in [0, 0.1) is 33.5 Å². The number of phenolic OH excluding ortho intramolecular Hbond substituents is 1. The zero-order valence-electron chi connectivity index (χ0n) is 64.2. The lowest BCUT2D eigenvalue weighted by Gasteiger charge is -2.10. The number of aromatic hydroxyl groups is 1. The molecule has 40 heteroatoms. The molecule has 0 bridgehead atoms. The standard InChI is InChI=1S/C22H18N6O3S.C22H17N5O4S.C19H20N6O3S.C17H14FN5O3S/c1-15-24-20(19-9-5-6-14-23-19)26-22(25-15)27-21(29)16-10-12-18(13-11-16)32(30,31)28-17-7-3-2-4-8-17;1-14-24-20(19-4-2-3-13-23-19)26-22(25-14)27-21(29)15-5-9-17(10-6-15)32(30,31)18-11-7-16(28)8-12-18;1-12(2)25-29(27,28)15-9-7-14(8-10-15)18(26)24-19-22-13(3)21-17(23-19)16-6-4-5-11-20-16;1-10-20-15(13-5-3-4-8-19-13)22-17(21-10)23-16(24)11-6-7-14(12(18)9-11)27(2,25)26/h2-14,28H,1H3,(H,24,25,26,27,29);2-13,28H,1H3,(H,24,25,26,27,29);4-12,25H,1-3H3,(H,21,22,23,24,26);3-9H,1-2H3,(H,20,21,22,23,24). The van der Waals surface area contributed by atoms with E-state index in [0.717, 1.165) is 18.4 Å². The number of rotatable bonds is 21. The zero-order valence-corrected chi connectivity index (χ0v) is 67.4. The van der Waals surface area contributed by atoms with Crippen LogP contribution in [-0.2, 0) is 39.7 Å². The summed E-state index contributed by atoms with van der Waals surface area (Å²) in [6.07, 6.45) is 7.32. The molecule has 120 heavy (non-hydrogen) atoms. The number of hydrogen-bond acceptors (Lipinski definition) is 29. The summed E-state index contributed by atoms with van der Waals surface area (Å²) in [4.78, 5) is 117. The molecule has 14 rings (SSSR count). The van der Waals surface area contributed by atoms with Crippen LogP contribution >= 0.6 is 0 Å². The third-order valence-corrected chi connectivity index (χ3v) is 21.9. The van der Waals surface area contributed by atoms with Crippen LogP contribution in [-0.4, -0.2) is 154 Å². The maximum atomic E-state index is 14.0.